The van der Waals surface area contributed by atoms with Gasteiger partial charge in [0.2, 0.25) is 0 Å². The van der Waals surface area contributed by atoms with Crippen molar-refractivity contribution >= 4 is 10.8 Å². The first-order valence-electron chi connectivity index (χ1n) is 8.14. The topological polar surface area (TPSA) is 21.3 Å². The highest BCUT2D eigenvalue weighted by atomic mass is 16.5. The third kappa shape index (κ3) is 3.98. The Hall–Kier alpha value is -1.54. The zero-order valence-electron chi connectivity index (χ0n) is 13.5. The monoisotopic (exact) mass is 285 g/mol. The molecule has 0 unspecified atom stereocenters. The zero-order valence-corrected chi connectivity index (χ0v) is 13.5. The van der Waals surface area contributed by atoms with Crippen molar-refractivity contribution in [3.8, 4) is 5.75 Å². The van der Waals surface area contributed by atoms with E-state index in [9.17, 15) is 0 Å². The number of benzene rings is 2. The average Bonchev–Trinajstić information content (AvgIpc) is 2.54. The van der Waals surface area contributed by atoms with Gasteiger partial charge in [-0.3, -0.25) is 0 Å². The maximum atomic E-state index is 6.15. The lowest BCUT2D eigenvalue weighted by Crippen LogP contribution is -2.15. The summed E-state index contributed by atoms with van der Waals surface area (Å²) in [5, 5.41) is 6.00. The van der Waals surface area contributed by atoms with Crippen LogP contribution >= 0.6 is 0 Å². The van der Waals surface area contributed by atoms with E-state index in [1.165, 1.54) is 29.2 Å². The van der Waals surface area contributed by atoms with Gasteiger partial charge in [-0.25, -0.2) is 0 Å². The van der Waals surface area contributed by atoms with Gasteiger partial charge >= 0.3 is 0 Å². The third-order valence-electron chi connectivity index (χ3n) is 4.18. The summed E-state index contributed by atoms with van der Waals surface area (Å²) in [6.45, 7) is 9.24. The van der Waals surface area contributed by atoms with Crippen molar-refractivity contribution in [2.24, 2.45) is 5.92 Å². The normalized spacial score (nSPS) is 11.2. The van der Waals surface area contributed by atoms with Crippen LogP contribution in [-0.2, 0) is 6.54 Å². The maximum Gasteiger partial charge on any atom is 0.124 e. The summed E-state index contributed by atoms with van der Waals surface area (Å²) in [5.41, 5.74) is 1.28. The minimum Gasteiger partial charge on any atom is -0.493 e. The van der Waals surface area contributed by atoms with Gasteiger partial charge in [0.25, 0.3) is 0 Å². The molecular weight excluding hydrogens is 258 g/mol. The molecular formula is C19H27NO. The van der Waals surface area contributed by atoms with Gasteiger partial charge in [-0.05, 0) is 29.3 Å². The molecule has 2 nitrogen and oxygen atoms in total. The van der Waals surface area contributed by atoms with Crippen LogP contribution in [0.25, 0.3) is 10.8 Å². The molecule has 2 aromatic rings. The van der Waals surface area contributed by atoms with Gasteiger partial charge in [0.05, 0.1) is 6.61 Å². The molecule has 2 heteroatoms. The van der Waals surface area contributed by atoms with Crippen molar-refractivity contribution < 1.29 is 4.74 Å². The Morgan fingerprint density at radius 3 is 2.48 bits per heavy atom. The Morgan fingerprint density at radius 1 is 1.00 bits per heavy atom. The summed E-state index contributed by atoms with van der Waals surface area (Å²) in [5.74, 6) is 1.67. The van der Waals surface area contributed by atoms with Crippen molar-refractivity contribution in [3.05, 3.63) is 42.0 Å². The van der Waals surface area contributed by atoms with E-state index >= 15 is 0 Å². The van der Waals surface area contributed by atoms with E-state index in [4.69, 9.17) is 4.74 Å². The maximum absolute atomic E-state index is 6.15. The second-order valence-electron chi connectivity index (χ2n) is 5.54. The van der Waals surface area contributed by atoms with Crippen LogP contribution in [0.3, 0.4) is 0 Å². The molecule has 1 N–H and O–H groups in total. The van der Waals surface area contributed by atoms with Gasteiger partial charge in [0, 0.05) is 12.1 Å². The van der Waals surface area contributed by atoms with E-state index in [1.54, 1.807) is 0 Å². The van der Waals surface area contributed by atoms with Gasteiger partial charge in [0.1, 0.15) is 5.75 Å². The minimum atomic E-state index is 0.642. The summed E-state index contributed by atoms with van der Waals surface area (Å²) in [7, 11) is 0. The first kappa shape index (κ1) is 15.8. The summed E-state index contributed by atoms with van der Waals surface area (Å²) in [6, 6.07) is 12.8. The van der Waals surface area contributed by atoms with Crippen molar-refractivity contribution in [1.29, 1.82) is 0 Å². The lowest BCUT2D eigenvalue weighted by molar-refractivity contribution is 0.238. The third-order valence-corrected chi connectivity index (χ3v) is 4.18. The van der Waals surface area contributed by atoms with Crippen LogP contribution in [0, 0.1) is 5.92 Å². The molecule has 21 heavy (non-hydrogen) atoms. The Bertz CT molecular complexity index is 560. The quantitative estimate of drug-likeness (QED) is 0.754. The number of hydrogen-bond acceptors (Lipinski definition) is 2. The highest BCUT2D eigenvalue weighted by Crippen LogP contribution is 2.28. The number of ether oxygens (including phenoxy) is 1. The molecule has 0 aliphatic carbocycles. The van der Waals surface area contributed by atoms with Crippen LogP contribution in [0.1, 0.15) is 39.2 Å². The highest BCUT2D eigenvalue weighted by Gasteiger charge is 2.10. The average molecular weight is 285 g/mol. The number of nitrogens with one attached hydrogen (secondary N) is 1. The first-order chi connectivity index (χ1) is 10.3. The lowest BCUT2D eigenvalue weighted by atomic mass is 10.0. The molecule has 0 bridgehead atoms. The number of hydrogen-bond donors (Lipinski definition) is 1. The van der Waals surface area contributed by atoms with Crippen molar-refractivity contribution in [2.75, 3.05) is 13.2 Å². The summed E-state index contributed by atoms with van der Waals surface area (Å²) in [6.07, 6.45) is 2.35. The summed E-state index contributed by atoms with van der Waals surface area (Å²) >= 11 is 0. The fraction of sp³-hybridized carbons (Fsp3) is 0.474. The fourth-order valence-corrected chi connectivity index (χ4v) is 2.62. The van der Waals surface area contributed by atoms with Gasteiger partial charge in [-0.1, -0.05) is 63.9 Å². The smallest absolute Gasteiger partial charge is 0.124 e. The molecule has 0 aliphatic heterocycles. The van der Waals surface area contributed by atoms with Crippen molar-refractivity contribution in [2.45, 2.75) is 40.2 Å². The standard InChI is InChI=1S/C19H27NO/c1-4-15(5-2)14-21-19-12-11-16-9-7-8-10-17(16)18(19)13-20-6-3/h7-12,15,20H,4-6,13-14H2,1-3H3. The van der Waals surface area contributed by atoms with Crippen molar-refractivity contribution in [3.63, 3.8) is 0 Å². The zero-order chi connectivity index (χ0) is 15.1. The van der Waals surface area contributed by atoms with Crippen LogP contribution < -0.4 is 10.1 Å². The Labute approximate surface area is 128 Å². The van der Waals surface area contributed by atoms with Crippen LogP contribution in [0.4, 0.5) is 0 Å². The van der Waals surface area contributed by atoms with Crippen LogP contribution in [0.5, 0.6) is 5.75 Å². The molecule has 0 fully saturated rings. The van der Waals surface area contributed by atoms with E-state index in [1.807, 2.05) is 0 Å². The molecule has 0 spiro atoms. The van der Waals surface area contributed by atoms with Crippen LogP contribution in [0.15, 0.2) is 36.4 Å². The predicted octanol–water partition coefficient (Wildman–Crippen LogP) is 4.76. The minimum absolute atomic E-state index is 0.642. The first-order valence-corrected chi connectivity index (χ1v) is 8.14. The van der Waals surface area contributed by atoms with Gasteiger partial charge < -0.3 is 10.1 Å². The van der Waals surface area contributed by atoms with Crippen LogP contribution in [0.2, 0.25) is 0 Å². The molecule has 0 saturated heterocycles. The molecule has 2 aromatic carbocycles. The Morgan fingerprint density at radius 2 is 1.76 bits per heavy atom. The second-order valence-corrected chi connectivity index (χ2v) is 5.54. The van der Waals surface area contributed by atoms with Gasteiger partial charge in [-0.2, -0.15) is 0 Å². The van der Waals surface area contributed by atoms with Crippen LogP contribution in [-0.4, -0.2) is 13.2 Å². The summed E-state index contributed by atoms with van der Waals surface area (Å²) < 4.78 is 6.15. The fourth-order valence-electron chi connectivity index (χ4n) is 2.62. The predicted molar refractivity (Wildman–Crippen MR) is 90.9 cm³/mol. The highest BCUT2D eigenvalue weighted by molar-refractivity contribution is 5.87. The molecule has 0 atom stereocenters. The summed E-state index contributed by atoms with van der Waals surface area (Å²) in [4.78, 5) is 0. The molecule has 2 rings (SSSR count). The molecule has 0 saturated carbocycles. The largest absolute Gasteiger partial charge is 0.493 e. The molecule has 0 amide bonds. The lowest BCUT2D eigenvalue weighted by Gasteiger charge is -2.18. The van der Waals surface area contributed by atoms with E-state index in [-0.39, 0.29) is 0 Å². The molecule has 0 aromatic heterocycles. The Kier molecular flexibility index (Phi) is 6.06. The van der Waals surface area contributed by atoms with E-state index in [0.29, 0.717) is 5.92 Å². The van der Waals surface area contributed by atoms with Gasteiger partial charge in [-0.15, -0.1) is 0 Å². The van der Waals surface area contributed by atoms with E-state index in [0.717, 1.165) is 25.4 Å². The number of fused-ring (bicyclic) bond motifs is 1. The molecule has 0 heterocycles. The second kappa shape index (κ2) is 8.04. The van der Waals surface area contributed by atoms with E-state index in [2.05, 4.69) is 62.5 Å². The molecule has 114 valence electrons. The molecule has 0 aliphatic rings. The van der Waals surface area contributed by atoms with E-state index < -0.39 is 0 Å². The Balaban J connectivity index is 2.28. The molecule has 0 radical (unpaired) electrons. The van der Waals surface area contributed by atoms with Gasteiger partial charge in [0.15, 0.2) is 0 Å². The van der Waals surface area contributed by atoms with Crippen molar-refractivity contribution in [1.82, 2.24) is 5.32 Å². The number of rotatable bonds is 8. The SMILES string of the molecule is CCNCc1c(OCC(CC)CC)ccc2ccccc12.